The molecule has 1 aliphatic heterocycles. The van der Waals surface area contributed by atoms with Crippen molar-refractivity contribution in [3.8, 4) is 0 Å². The number of hydrogen-bond acceptors (Lipinski definition) is 4. The predicted octanol–water partition coefficient (Wildman–Crippen LogP) is 1.14. The second kappa shape index (κ2) is 4.96. The Balaban J connectivity index is 2.26. The molecule has 1 aromatic carbocycles. The van der Waals surface area contributed by atoms with E-state index in [2.05, 4.69) is 20.8 Å². The number of nitrogens with two attached hydrogens (primary N) is 1. The Morgan fingerprint density at radius 2 is 1.94 bits per heavy atom. The van der Waals surface area contributed by atoms with E-state index >= 15 is 0 Å². The van der Waals surface area contributed by atoms with Crippen LogP contribution in [0.3, 0.4) is 0 Å². The number of halogens is 1. The van der Waals surface area contributed by atoms with Gasteiger partial charge in [0.15, 0.2) is 9.84 Å². The quantitative estimate of drug-likeness (QED) is 0.888. The van der Waals surface area contributed by atoms with Crippen molar-refractivity contribution in [3.05, 3.63) is 28.2 Å². The van der Waals surface area contributed by atoms with Crippen LogP contribution in [0.1, 0.15) is 5.56 Å². The summed E-state index contributed by atoms with van der Waals surface area (Å²) in [6.07, 6.45) is 0. The maximum absolute atomic E-state index is 11.4. The molecule has 0 saturated carbocycles. The molecule has 0 unspecified atom stereocenters. The lowest BCUT2D eigenvalue weighted by molar-refractivity contribution is 0.586. The van der Waals surface area contributed by atoms with Crippen LogP contribution in [0.25, 0.3) is 0 Å². The topological polar surface area (TPSA) is 63.4 Å². The zero-order chi connectivity index (χ0) is 12.5. The second-order valence-electron chi connectivity index (χ2n) is 4.12. The van der Waals surface area contributed by atoms with Gasteiger partial charge in [-0.05, 0) is 17.7 Å². The van der Waals surface area contributed by atoms with Gasteiger partial charge in [-0.15, -0.1) is 0 Å². The summed E-state index contributed by atoms with van der Waals surface area (Å²) < 4.78 is 23.8. The van der Waals surface area contributed by atoms with E-state index in [-0.39, 0.29) is 11.5 Å². The number of hydrogen-bond donors (Lipinski definition) is 1. The Labute approximate surface area is 110 Å². The molecule has 0 aromatic heterocycles. The highest BCUT2D eigenvalue weighted by atomic mass is 79.9. The average Bonchev–Trinajstić information content (AvgIpc) is 2.29. The SMILES string of the molecule is NCc1ccc(Br)cc1N1CCS(=O)(=O)CC1. The Hall–Kier alpha value is -0.590. The van der Waals surface area contributed by atoms with Gasteiger partial charge < -0.3 is 10.6 Å². The fourth-order valence-electron chi connectivity index (χ4n) is 1.96. The zero-order valence-electron chi connectivity index (χ0n) is 9.39. The van der Waals surface area contributed by atoms with Crippen molar-refractivity contribution < 1.29 is 8.42 Å². The van der Waals surface area contributed by atoms with Crippen LogP contribution in [-0.2, 0) is 16.4 Å². The first kappa shape index (κ1) is 12.9. The van der Waals surface area contributed by atoms with Gasteiger partial charge in [0.25, 0.3) is 0 Å². The van der Waals surface area contributed by atoms with Gasteiger partial charge in [0.2, 0.25) is 0 Å². The normalized spacial score (nSPS) is 19.3. The van der Waals surface area contributed by atoms with Crippen molar-refractivity contribution in [2.75, 3.05) is 29.5 Å². The smallest absolute Gasteiger partial charge is 0.153 e. The third-order valence-corrected chi connectivity index (χ3v) is 5.05. The van der Waals surface area contributed by atoms with E-state index in [1.165, 1.54) is 0 Å². The Kier molecular flexibility index (Phi) is 3.75. The maximum Gasteiger partial charge on any atom is 0.153 e. The molecule has 2 rings (SSSR count). The highest BCUT2D eigenvalue weighted by molar-refractivity contribution is 9.10. The Morgan fingerprint density at radius 1 is 1.29 bits per heavy atom. The zero-order valence-corrected chi connectivity index (χ0v) is 11.8. The minimum Gasteiger partial charge on any atom is -0.369 e. The van der Waals surface area contributed by atoms with Crippen molar-refractivity contribution in [3.63, 3.8) is 0 Å². The standard InChI is InChI=1S/C11H15BrN2O2S/c12-10-2-1-9(8-13)11(7-10)14-3-5-17(15,16)6-4-14/h1-2,7H,3-6,8,13H2. The van der Waals surface area contributed by atoms with Gasteiger partial charge in [-0.2, -0.15) is 0 Å². The maximum atomic E-state index is 11.4. The molecule has 94 valence electrons. The van der Waals surface area contributed by atoms with E-state index < -0.39 is 9.84 Å². The molecule has 1 aliphatic rings. The molecule has 1 saturated heterocycles. The molecule has 4 nitrogen and oxygen atoms in total. The molecule has 1 heterocycles. The summed E-state index contributed by atoms with van der Waals surface area (Å²) in [5.74, 6) is 0.451. The molecule has 1 fully saturated rings. The van der Waals surface area contributed by atoms with Crippen LogP contribution in [0, 0.1) is 0 Å². The number of benzene rings is 1. The van der Waals surface area contributed by atoms with Crippen molar-refractivity contribution in [2.45, 2.75) is 6.54 Å². The second-order valence-corrected chi connectivity index (χ2v) is 7.34. The van der Waals surface area contributed by atoms with Gasteiger partial charge in [-0.1, -0.05) is 22.0 Å². The number of anilines is 1. The first-order valence-corrected chi connectivity index (χ1v) is 8.07. The molecule has 0 aliphatic carbocycles. The average molecular weight is 319 g/mol. The van der Waals surface area contributed by atoms with E-state index in [1.54, 1.807) is 0 Å². The van der Waals surface area contributed by atoms with E-state index in [4.69, 9.17) is 5.73 Å². The molecular weight excluding hydrogens is 304 g/mol. The van der Waals surface area contributed by atoms with E-state index in [0.29, 0.717) is 19.6 Å². The van der Waals surface area contributed by atoms with Gasteiger partial charge in [-0.3, -0.25) is 0 Å². The van der Waals surface area contributed by atoms with Crippen LogP contribution < -0.4 is 10.6 Å². The molecule has 6 heteroatoms. The van der Waals surface area contributed by atoms with Crippen molar-refractivity contribution in [1.82, 2.24) is 0 Å². The summed E-state index contributed by atoms with van der Waals surface area (Å²) in [5.41, 5.74) is 7.79. The third kappa shape index (κ3) is 3.00. The number of sulfone groups is 1. The first-order valence-electron chi connectivity index (χ1n) is 5.46. The van der Waals surface area contributed by atoms with Crippen molar-refractivity contribution in [1.29, 1.82) is 0 Å². The summed E-state index contributed by atoms with van der Waals surface area (Å²) in [4.78, 5) is 2.09. The molecule has 0 radical (unpaired) electrons. The van der Waals surface area contributed by atoms with Gasteiger partial charge in [-0.25, -0.2) is 8.42 Å². The third-order valence-electron chi connectivity index (χ3n) is 2.95. The Bertz CT molecular complexity index is 502. The van der Waals surface area contributed by atoms with Crippen LogP contribution in [0.5, 0.6) is 0 Å². The van der Waals surface area contributed by atoms with Crippen LogP contribution >= 0.6 is 15.9 Å². The van der Waals surface area contributed by atoms with E-state index in [1.807, 2.05) is 18.2 Å². The lowest BCUT2D eigenvalue weighted by atomic mass is 10.1. The van der Waals surface area contributed by atoms with Crippen LogP contribution in [-0.4, -0.2) is 33.0 Å². The lowest BCUT2D eigenvalue weighted by Crippen LogP contribution is -2.40. The van der Waals surface area contributed by atoms with Crippen LogP contribution in [0.15, 0.2) is 22.7 Å². The molecule has 2 N–H and O–H groups in total. The minimum atomic E-state index is -2.84. The fraction of sp³-hybridized carbons (Fsp3) is 0.455. The van der Waals surface area contributed by atoms with Gasteiger partial charge in [0.1, 0.15) is 0 Å². The summed E-state index contributed by atoms with van der Waals surface area (Å²) in [5, 5.41) is 0. The summed E-state index contributed by atoms with van der Waals surface area (Å²) in [6, 6.07) is 5.93. The highest BCUT2D eigenvalue weighted by Crippen LogP contribution is 2.26. The molecule has 0 bridgehead atoms. The predicted molar refractivity (Wildman–Crippen MR) is 72.9 cm³/mol. The molecule has 0 atom stereocenters. The summed E-state index contributed by atoms with van der Waals surface area (Å²) in [6.45, 7) is 1.56. The van der Waals surface area contributed by atoms with Crippen molar-refractivity contribution in [2.24, 2.45) is 5.73 Å². The van der Waals surface area contributed by atoms with Gasteiger partial charge in [0, 0.05) is 29.8 Å². The molecule has 1 aromatic rings. The number of rotatable bonds is 2. The fourth-order valence-corrected chi connectivity index (χ4v) is 3.51. The molecule has 0 amide bonds. The summed E-state index contributed by atoms with van der Waals surface area (Å²) >= 11 is 3.43. The molecular formula is C11H15BrN2O2S. The minimum absolute atomic E-state index is 0.226. The lowest BCUT2D eigenvalue weighted by Gasteiger charge is -2.30. The largest absolute Gasteiger partial charge is 0.369 e. The van der Waals surface area contributed by atoms with E-state index in [9.17, 15) is 8.42 Å². The first-order chi connectivity index (χ1) is 8.02. The monoisotopic (exact) mass is 318 g/mol. The van der Waals surface area contributed by atoms with E-state index in [0.717, 1.165) is 15.7 Å². The molecule has 0 spiro atoms. The molecule has 17 heavy (non-hydrogen) atoms. The summed E-state index contributed by atoms with van der Waals surface area (Å²) in [7, 11) is -2.84. The van der Waals surface area contributed by atoms with Crippen molar-refractivity contribution >= 4 is 31.5 Å². The van der Waals surface area contributed by atoms with Crippen LogP contribution in [0.4, 0.5) is 5.69 Å². The Morgan fingerprint density at radius 3 is 2.53 bits per heavy atom. The number of nitrogens with zero attached hydrogens (tertiary/aromatic N) is 1. The van der Waals surface area contributed by atoms with Gasteiger partial charge in [0.05, 0.1) is 11.5 Å². The highest BCUT2D eigenvalue weighted by Gasteiger charge is 2.23. The van der Waals surface area contributed by atoms with Crippen LogP contribution in [0.2, 0.25) is 0 Å². The van der Waals surface area contributed by atoms with Gasteiger partial charge >= 0.3 is 0 Å².